The van der Waals surface area contributed by atoms with Gasteiger partial charge in [-0.15, -0.1) is 0 Å². The van der Waals surface area contributed by atoms with Crippen molar-refractivity contribution < 1.29 is 4.79 Å². The highest BCUT2D eigenvalue weighted by molar-refractivity contribution is 5.72. The van der Waals surface area contributed by atoms with Crippen LogP contribution in [-0.2, 0) is 4.79 Å². The first-order chi connectivity index (χ1) is 4.20. The smallest absolute Gasteiger partial charge is 0.147 e. The Morgan fingerprint density at radius 2 is 2.11 bits per heavy atom. The Kier molecular flexibility index (Phi) is 3.76. The van der Waals surface area contributed by atoms with Crippen molar-refractivity contribution in [3.63, 3.8) is 0 Å². The van der Waals surface area contributed by atoms with Crippen LogP contribution in [0.3, 0.4) is 0 Å². The van der Waals surface area contributed by atoms with E-state index in [0.29, 0.717) is 0 Å². The Hall–Kier alpha value is -0.790. The Morgan fingerprint density at radius 3 is 2.22 bits per heavy atom. The average molecular weight is 127 g/mol. The standard InChI is InChI=1S/C7H13NO/c1-4-7(6-9)5-8(2)3/h5-6H,4H2,1-3H3/b7-5-. The van der Waals surface area contributed by atoms with Crippen molar-refractivity contribution in [2.45, 2.75) is 13.3 Å². The van der Waals surface area contributed by atoms with E-state index in [-0.39, 0.29) is 0 Å². The number of carbonyl (C=O) groups is 1. The van der Waals surface area contributed by atoms with E-state index in [1.807, 2.05) is 32.1 Å². The van der Waals surface area contributed by atoms with Gasteiger partial charge in [0, 0.05) is 25.9 Å². The lowest BCUT2D eigenvalue weighted by molar-refractivity contribution is -0.105. The van der Waals surface area contributed by atoms with E-state index in [0.717, 1.165) is 18.3 Å². The van der Waals surface area contributed by atoms with Crippen molar-refractivity contribution in [1.29, 1.82) is 0 Å². The minimum atomic E-state index is 0.807. The molecule has 0 saturated heterocycles. The first-order valence-corrected chi connectivity index (χ1v) is 3.03. The number of rotatable bonds is 3. The maximum Gasteiger partial charge on any atom is 0.147 e. The second-order valence-corrected chi connectivity index (χ2v) is 2.14. The van der Waals surface area contributed by atoms with Crippen LogP contribution in [-0.4, -0.2) is 25.3 Å². The molecule has 0 aromatic heterocycles. The van der Waals surface area contributed by atoms with Crippen molar-refractivity contribution in [3.8, 4) is 0 Å². The summed E-state index contributed by atoms with van der Waals surface area (Å²) in [6.45, 7) is 1.96. The normalized spacial score (nSPS) is 11.2. The number of hydrogen-bond donors (Lipinski definition) is 0. The highest BCUT2D eigenvalue weighted by atomic mass is 16.1. The zero-order chi connectivity index (χ0) is 7.28. The SMILES string of the molecule is CC/C(C=O)=C/N(C)C. The molecule has 0 aliphatic carbocycles. The molecular weight excluding hydrogens is 114 g/mol. The summed E-state index contributed by atoms with van der Waals surface area (Å²) in [5.74, 6) is 0. The molecule has 0 rings (SSSR count). The fourth-order valence-electron chi connectivity index (χ4n) is 0.537. The highest BCUT2D eigenvalue weighted by Gasteiger charge is 1.88. The quantitative estimate of drug-likeness (QED) is 0.417. The van der Waals surface area contributed by atoms with Crippen LogP contribution in [0, 0.1) is 0 Å². The van der Waals surface area contributed by atoms with Crippen molar-refractivity contribution in [3.05, 3.63) is 11.8 Å². The molecule has 0 saturated carbocycles. The largest absolute Gasteiger partial charge is 0.383 e. The third kappa shape index (κ3) is 3.76. The second-order valence-electron chi connectivity index (χ2n) is 2.14. The van der Waals surface area contributed by atoms with E-state index in [1.54, 1.807) is 0 Å². The molecule has 0 aromatic rings. The zero-order valence-electron chi connectivity index (χ0n) is 6.22. The van der Waals surface area contributed by atoms with Crippen LogP contribution in [0.2, 0.25) is 0 Å². The molecule has 0 aliphatic heterocycles. The second kappa shape index (κ2) is 4.13. The molecule has 0 radical (unpaired) electrons. The van der Waals surface area contributed by atoms with Gasteiger partial charge < -0.3 is 4.90 Å². The predicted molar refractivity (Wildman–Crippen MR) is 38.1 cm³/mol. The fraction of sp³-hybridized carbons (Fsp3) is 0.571. The Labute approximate surface area is 56.2 Å². The molecule has 2 nitrogen and oxygen atoms in total. The average Bonchev–Trinajstić information content (AvgIpc) is 1.82. The lowest BCUT2D eigenvalue weighted by Gasteiger charge is -2.04. The van der Waals surface area contributed by atoms with Gasteiger partial charge >= 0.3 is 0 Å². The molecule has 0 aromatic carbocycles. The van der Waals surface area contributed by atoms with Gasteiger partial charge in [-0.25, -0.2) is 0 Å². The fourth-order valence-corrected chi connectivity index (χ4v) is 0.537. The molecule has 0 heterocycles. The van der Waals surface area contributed by atoms with Gasteiger partial charge in [0.25, 0.3) is 0 Å². The molecule has 52 valence electrons. The van der Waals surface area contributed by atoms with Crippen molar-refractivity contribution in [2.75, 3.05) is 14.1 Å². The number of nitrogens with zero attached hydrogens (tertiary/aromatic N) is 1. The van der Waals surface area contributed by atoms with E-state index in [2.05, 4.69) is 0 Å². The zero-order valence-corrected chi connectivity index (χ0v) is 6.22. The molecule has 0 fully saturated rings. The summed E-state index contributed by atoms with van der Waals surface area (Å²) in [6, 6.07) is 0. The van der Waals surface area contributed by atoms with Gasteiger partial charge in [0.05, 0.1) is 0 Å². The number of hydrogen-bond acceptors (Lipinski definition) is 2. The summed E-state index contributed by atoms with van der Waals surface area (Å²) < 4.78 is 0. The molecule has 0 bridgehead atoms. The molecule has 9 heavy (non-hydrogen) atoms. The van der Waals surface area contributed by atoms with Crippen molar-refractivity contribution >= 4 is 6.29 Å². The van der Waals surface area contributed by atoms with Gasteiger partial charge in [-0.3, -0.25) is 4.79 Å². The number of aldehydes is 1. The van der Waals surface area contributed by atoms with Crippen LogP contribution in [0.4, 0.5) is 0 Å². The summed E-state index contributed by atoms with van der Waals surface area (Å²) in [6.07, 6.45) is 3.52. The first-order valence-electron chi connectivity index (χ1n) is 3.03. The van der Waals surface area contributed by atoms with Crippen molar-refractivity contribution in [1.82, 2.24) is 4.90 Å². The third-order valence-electron chi connectivity index (χ3n) is 0.984. The van der Waals surface area contributed by atoms with Crippen molar-refractivity contribution in [2.24, 2.45) is 0 Å². The summed E-state index contributed by atoms with van der Waals surface area (Å²) in [5, 5.41) is 0. The van der Waals surface area contributed by atoms with E-state index < -0.39 is 0 Å². The van der Waals surface area contributed by atoms with Crippen LogP contribution >= 0.6 is 0 Å². The summed E-state index contributed by atoms with van der Waals surface area (Å²) in [5.41, 5.74) is 0.833. The molecule has 0 spiro atoms. The molecule has 0 N–H and O–H groups in total. The first kappa shape index (κ1) is 8.21. The Bertz CT molecular complexity index is 116. The third-order valence-corrected chi connectivity index (χ3v) is 0.984. The van der Waals surface area contributed by atoms with E-state index in [1.165, 1.54) is 0 Å². The molecule has 0 atom stereocenters. The van der Waals surface area contributed by atoms with Crippen LogP contribution in [0.1, 0.15) is 13.3 Å². The molecule has 2 heteroatoms. The topological polar surface area (TPSA) is 20.3 Å². The molecule has 0 aliphatic rings. The Morgan fingerprint density at radius 1 is 1.56 bits per heavy atom. The maximum atomic E-state index is 10.2. The van der Waals surface area contributed by atoms with Crippen LogP contribution < -0.4 is 0 Å². The van der Waals surface area contributed by atoms with E-state index >= 15 is 0 Å². The van der Waals surface area contributed by atoms with Crippen LogP contribution in [0.25, 0.3) is 0 Å². The lowest BCUT2D eigenvalue weighted by atomic mass is 10.2. The van der Waals surface area contributed by atoms with Gasteiger partial charge in [-0.2, -0.15) is 0 Å². The van der Waals surface area contributed by atoms with Gasteiger partial charge in [-0.1, -0.05) is 6.92 Å². The monoisotopic (exact) mass is 127 g/mol. The van der Waals surface area contributed by atoms with Gasteiger partial charge in [0.2, 0.25) is 0 Å². The van der Waals surface area contributed by atoms with E-state index in [4.69, 9.17) is 0 Å². The predicted octanol–water partition coefficient (Wildman–Crippen LogP) is 1.04. The van der Waals surface area contributed by atoms with Gasteiger partial charge in [-0.05, 0) is 6.42 Å². The number of allylic oxidation sites excluding steroid dienone is 1. The Balaban J connectivity index is 3.90. The summed E-state index contributed by atoms with van der Waals surface area (Å²) in [4.78, 5) is 12.0. The maximum absolute atomic E-state index is 10.2. The minimum Gasteiger partial charge on any atom is -0.383 e. The summed E-state index contributed by atoms with van der Waals surface area (Å²) >= 11 is 0. The van der Waals surface area contributed by atoms with Gasteiger partial charge in [0.15, 0.2) is 0 Å². The molecule has 0 amide bonds. The molecular formula is C7H13NO. The van der Waals surface area contributed by atoms with Crippen LogP contribution in [0.5, 0.6) is 0 Å². The van der Waals surface area contributed by atoms with E-state index in [9.17, 15) is 4.79 Å². The van der Waals surface area contributed by atoms with Gasteiger partial charge in [0.1, 0.15) is 6.29 Å². The lowest BCUT2D eigenvalue weighted by Crippen LogP contribution is -2.03. The molecule has 0 unspecified atom stereocenters. The summed E-state index contributed by atoms with van der Waals surface area (Å²) in [7, 11) is 3.80. The number of carbonyl (C=O) groups excluding carboxylic acids is 1. The van der Waals surface area contributed by atoms with Crippen LogP contribution in [0.15, 0.2) is 11.8 Å². The highest BCUT2D eigenvalue weighted by Crippen LogP contribution is 1.95. The minimum absolute atomic E-state index is 0.807.